The third-order valence-corrected chi connectivity index (χ3v) is 5.55. The van der Waals surface area contributed by atoms with Gasteiger partial charge in [-0.2, -0.15) is 4.98 Å². The average Bonchev–Trinajstić information content (AvgIpc) is 3.35. The van der Waals surface area contributed by atoms with Gasteiger partial charge in [0.25, 0.3) is 5.69 Å². The fraction of sp³-hybridized carbons (Fsp3) is 0.179. The summed E-state index contributed by atoms with van der Waals surface area (Å²) in [7, 11) is 0. The number of nitrogens with one attached hydrogen (secondary N) is 1. The summed E-state index contributed by atoms with van der Waals surface area (Å²) < 4.78 is 12.7. The van der Waals surface area contributed by atoms with E-state index in [1.165, 1.54) is 18.2 Å². The van der Waals surface area contributed by atoms with Crippen LogP contribution in [0, 0.1) is 17.0 Å². The minimum Gasteiger partial charge on any atom is -0.460 e. The summed E-state index contributed by atoms with van der Waals surface area (Å²) in [5.41, 5.74) is 3.98. The van der Waals surface area contributed by atoms with Gasteiger partial charge in [-0.3, -0.25) is 14.9 Å². The lowest BCUT2D eigenvalue weighted by atomic mass is 10.1. The lowest BCUT2D eigenvalue weighted by Crippen LogP contribution is -2.08. The molecule has 10 heteroatoms. The predicted molar refractivity (Wildman–Crippen MR) is 144 cm³/mol. The maximum Gasteiger partial charge on any atom is 0.336 e. The molecule has 0 atom stereocenters. The van der Waals surface area contributed by atoms with Crippen LogP contribution in [0.25, 0.3) is 23.2 Å². The highest BCUT2D eigenvalue weighted by atomic mass is 16.6. The van der Waals surface area contributed by atoms with Crippen molar-refractivity contribution in [3.05, 3.63) is 100 Å². The number of nitrogens with zero attached hydrogens (tertiary/aromatic N) is 4. The van der Waals surface area contributed by atoms with Crippen molar-refractivity contribution in [2.24, 2.45) is 0 Å². The van der Waals surface area contributed by atoms with Gasteiger partial charge in [0.2, 0.25) is 5.91 Å². The van der Waals surface area contributed by atoms with Gasteiger partial charge in [0, 0.05) is 36.1 Å². The van der Waals surface area contributed by atoms with Crippen LogP contribution in [0.5, 0.6) is 6.01 Å². The van der Waals surface area contributed by atoms with Crippen molar-refractivity contribution in [3.63, 3.8) is 0 Å². The van der Waals surface area contributed by atoms with E-state index < -0.39 is 4.92 Å². The van der Waals surface area contributed by atoms with Crippen molar-refractivity contribution >= 4 is 23.4 Å². The molecule has 0 fully saturated rings. The third-order valence-electron chi connectivity index (χ3n) is 5.55. The number of anilines is 1. The van der Waals surface area contributed by atoms with Gasteiger partial charge < -0.3 is 14.8 Å². The monoisotopic (exact) mass is 513 g/mol. The lowest BCUT2D eigenvalue weighted by Gasteiger charge is -2.09. The topological polar surface area (TPSA) is 121 Å². The number of nitro groups is 1. The molecule has 0 aliphatic carbocycles. The zero-order chi connectivity index (χ0) is 26.9. The van der Waals surface area contributed by atoms with E-state index in [9.17, 15) is 14.9 Å². The summed E-state index contributed by atoms with van der Waals surface area (Å²) >= 11 is 0. The molecule has 0 unspecified atom stereocenters. The number of aryl methyl sites for hydroxylation is 1. The molecule has 1 N–H and O–H groups in total. The van der Waals surface area contributed by atoms with Crippen LogP contribution in [0.4, 0.5) is 11.4 Å². The Balaban J connectivity index is 1.49. The van der Waals surface area contributed by atoms with Crippen LogP contribution in [0.1, 0.15) is 18.1 Å². The quantitative estimate of drug-likeness (QED) is 0.126. The molecule has 4 rings (SSSR count). The Bertz CT molecular complexity index is 1430. The van der Waals surface area contributed by atoms with E-state index >= 15 is 0 Å². The first-order valence-corrected chi connectivity index (χ1v) is 12.0. The van der Waals surface area contributed by atoms with Crippen LogP contribution in [-0.2, 0) is 9.53 Å². The van der Waals surface area contributed by atoms with E-state index in [0.717, 1.165) is 16.8 Å². The van der Waals surface area contributed by atoms with Crippen molar-refractivity contribution in [3.8, 4) is 23.1 Å². The van der Waals surface area contributed by atoms with Gasteiger partial charge in [-0.05, 0) is 67.4 Å². The van der Waals surface area contributed by atoms with Crippen LogP contribution in [0.3, 0.4) is 0 Å². The molecule has 1 amide bonds. The molecule has 0 saturated heterocycles. The molecule has 0 radical (unpaired) electrons. The van der Waals surface area contributed by atoms with E-state index in [0.29, 0.717) is 36.9 Å². The SMILES string of the molecule is CCOCCOc1nc(-c2ccccc2C)n(-c2ccc(NC(=O)/C=C/c3ccc([N+](=O)[O-])cc3)cc2)n1. The number of benzene rings is 3. The molecule has 1 heterocycles. The second kappa shape index (κ2) is 12.4. The van der Waals surface area contributed by atoms with Gasteiger partial charge in [0.1, 0.15) is 6.61 Å². The van der Waals surface area contributed by atoms with Crippen molar-refractivity contribution in [1.29, 1.82) is 0 Å². The molecule has 0 bridgehead atoms. The average molecular weight is 514 g/mol. The highest BCUT2D eigenvalue weighted by molar-refractivity contribution is 6.02. The normalized spacial score (nSPS) is 11.0. The number of amides is 1. The first kappa shape index (κ1) is 26.2. The second-order valence-corrected chi connectivity index (χ2v) is 8.21. The first-order chi connectivity index (χ1) is 18.4. The lowest BCUT2D eigenvalue weighted by molar-refractivity contribution is -0.384. The first-order valence-electron chi connectivity index (χ1n) is 12.0. The minimum absolute atomic E-state index is 0.00570. The van der Waals surface area contributed by atoms with E-state index in [1.807, 2.05) is 50.2 Å². The second-order valence-electron chi connectivity index (χ2n) is 8.21. The molecular formula is C28H27N5O5. The van der Waals surface area contributed by atoms with Gasteiger partial charge in [0.05, 0.1) is 17.2 Å². The molecule has 0 saturated carbocycles. The van der Waals surface area contributed by atoms with E-state index in [2.05, 4.69) is 15.4 Å². The van der Waals surface area contributed by atoms with Crippen molar-refractivity contribution in [2.75, 3.05) is 25.1 Å². The molecular weight excluding hydrogens is 486 g/mol. The number of aromatic nitrogens is 3. The number of carbonyl (C=O) groups is 1. The number of ether oxygens (including phenoxy) is 2. The zero-order valence-corrected chi connectivity index (χ0v) is 21.0. The molecule has 4 aromatic rings. The van der Waals surface area contributed by atoms with Crippen molar-refractivity contribution < 1.29 is 19.2 Å². The summed E-state index contributed by atoms with van der Waals surface area (Å²) in [5.74, 6) is 0.305. The van der Waals surface area contributed by atoms with Crippen LogP contribution < -0.4 is 10.1 Å². The van der Waals surface area contributed by atoms with Crippen molar-refractivity contribution in [2.45, 2.75) is 13.8 Å². The highest BCUT2D eigenvalue weighted by Gasteiger charge is 2.16. The molecule has 0 spiro atoms. The molecule has 1 aromatic heterocycles. The van der Waals surface area contributed by atoms with Crippen LogP contribution in [-0.4, -0.2) is 45.4 Å². The van der Waals surface area contributed by atoms with Gasteiger partial charge in [-0.25, -0.2) is 4.68 Å². The van der Waals surface area contributed by atoms with E-state index in [1.54, 1.807) is 35.0 Å². The molecule has 10 nitrogen and oxygen atoms in total. The minimum atomic E-state index is -0.469. The van der Waals surface area contributed by atoms with Gasteiger partial charge in [-0.15, -0.1) is 5.10 Å². The van der Waals surface area contributed by atoms with Gasteiger partial charge in [-0.1, -0.05) is 24.3 Å². The predicted octanol–water partition coefficient (Wildman–Crippen LogP) is 5.22. The third kappa shape index (κ3) is 6.68. The summed E-state index contributed by atoms with van der Waals surface area (Å²) in [5, 5.41) is 18.1. The Morgan fingerprint density at radius 1 is 1.05 bits per heavy atom. The summed E-state index contributed by atoms with van der Waals surface area (Å²) in [4.78, 5) is 27.3. The number of non-ortho nitro benzene ring substituents is 1. The van der Waals surface area contributed by atoms with Crippen LogP contribution >= 0.6 is 0 Å². The number of hydrogen-bond donors (Lipinski definition) is 1. The molecule has 0 aliphatic rings. The Labute approximate surface area is 219 Å². The van der Waals surface area contributed by atoms with Crippen LogP contribution in [0.2, 0.25) is 0 Å². The van der Waals surface area contributed by atoms with E-state index in [-0.39, 0.29) is 17.6 Å². The van der Waals surface area contributed by atoms with Gasteiger partial charge in [0.15, 0.2) is 5.82 Å². The smallest absolute Gasteiger partial charge is 0.336 e. The maximum absolute atomic E-state index is 12.4. The fourth-order valence-electron chi connectivity index (χ4n) is 3.62. The Morgan fingerprint density at radius 3 is 2.47 bits per heavy atom. The number of rotatable bonds is 11. The van der Waals surface area contributed by atoms with Crippen LogP contribution in [0.15, 0.2) is 78.9 Å². The van der Waals surface area contributed by atoms with E-state index in [4.69, 9.17) is 9.47 Å². The number of hydrogen-bond acceptors (Lipinski definition) is 7. The highest BCUT2D eigenvalue weighted by Crippen LogP contribution is 2.27. The van der Waals surface area contributed by atoms with Crippen molar-refractivity contribution in [1.82, 2.24) is 14.8 Å². The maximum atomic E-state index is 12.4. The largest absolute Gasteiger partial charge is 0.460 e. The summed E-state index contributed by atoms with van der Waals surface area (Å²) in [6.07, 6.45) is 2.96. The number of carbonyl (C=O) groups excluding carboxylic acids is 1. The zero-order valence-electron chi connectivity index (χ0n) is 21.0. The standard InChI is InChI=1S/C28H27N5O5/c1-3-37-18-19-38-28-30-27(25-7-5-4-6-20(25)2)32(31-28)23-15-11-22(12-16-23)29-26(34)17-10-21-8-13-24(14-9-21)33(35)36/h4-17H,3,18-19H2,1-2H3,(H,29,34)/b17-10+. The fourth-order valence-corrected chi connectivity index (χ4v) is 3.62. The summed E-state index contributed by atoms with van der Waals surface area (Å²) in [6, 6.07) is 21.3. The Kier molecular flexibility index (Phi) is 8.57. The Hall–Kier alpha value is -4.83. The molecule has 0 aliphatic heterocycles. The molecule has 38 heavy (non-hydrogen) atoms. The van der Waals surface area contributed by atoms with Gasteiger partial charge >= 0.3 is 6.01 Å². The number of nitro benzene ring substituents is 1. The Morgan fingerprint density at radius 2 is 1.79 bits per heavy atom. The molecule has 3 aromatic carbocycles. The summed E-state index contributed by atoms with van der Waals surface area (Å²) in [6.45, 7) is 5.31. The molecule has 194 valence electrons.